The first-order valence-electron chi connectivity index (χ1n) is 8.22. The van der Waals surface area contributed by atoms with Crippen molar-refractivity contribution in [2.45, 2.75) is 50.6 Å². The number of likely N-dealkylation sites (N-methyl/N-ethyl adjacent to an activating group) is 2. The second-order valence-electron chi connectivity index (χ2n) is 5.34. The van der Waals surface area contributed by atoms with E-state index in [0.29, 0.717) is 38.8 Å². The third-order valence-electron chi connectivity index (χ3n) is 3.53. The summed E-state index contributed by atoms with van der Waals surface area (Å²) in [7, 11) is 3.17. The average molecular weight is 346 g/mol. The summed E-state index contributed by atoms with van der Waals surface area (Å²) in [4.78, 5) is 35.3. The molecule has 6 N–H and O–H groups in total. The molecule has 24 heavy (non-hydrogen) atoms. The molecule has 0 spiro atoms. The summed E-state index contributed by atoms with van der Waals surface area (Å²) in [6, 6.07) is -1.30. The van der Waals surface area contributed by atoms with Crippen molar-refractivity contribution in [2.75, 3.05) is 27.2 Å². The van der Waals surface area contributed by atoms with E-state index < -0.39 is 30.2 Å². The van der Waals surface area contributed by atoms with Gasteiger partial charge in [0.1, 0.15) is 12.1 Å². The summed E-state index contributed by atoms with van der Waals surface area (Å²) in [6.45, 7) is 1.05. The Bertz CT molecular complexity index is 358. The largest absolute Gasteiger partial charge is 0.524 e. The lowest BCUT2D eigenvalue weighted by molar-refractivity contribution is -0.149. The van der Waals surface area contributed by atoms with Gasteiger partial charge in [-0.1, -0.05) is 12.8 Å². The third kappa shape index (κ3) is 9.56. The molecule has 0 aromatic heterocycles. The molecule has 0 amide bonds. The van der Waals surface area contributed by atoms with Gasteiger partial charge in [0.15, 0.2) is 0 Å². The molecule has 140 valence electrons. The number of carbonyl (C=O) groups excluding carboxylic acids is 3. The molecule has 0 unspecified atom stereocenters. The molecule has 0 aliphatic rings. The van der Waals surface area contributed by atoms with Crippen molar-refractivity contribution < 1.29 is 23.9 Å². The number of unbranched alkanes of at least 4 members (excludes halogenated alkanes) is 2. The first-order chi connectivity index (χ1) is 11.5. The number of ether oxygens (including phenoxy) is 2. The fourth-order valence-corrected chi connectivity index (χ4v) is 2.07. The molecule has 0 aliphatic heterocycles. The van der Waals surface area contributed by atoms with Gasteiger partial charge in [0.05, 0.1) is 0 Å². The van der Waals surface area contributed by atoms with Crippen molar-refractivity contribution in [3.05, 3.63) is 0 Å². The van der Waals surface area contributed by atoms with Crippen molar-refractivity contribution in [2.24, 2.45) is 11.5 Å². The maximum Gasteiger partial charge on any atom is 0.524 e. The zero-order valence-electron chi connectivity index (χ0n) is 14.5. The first kappa shape index (κ1) is 22.4. The molecule has 0 radical (unpaired) electrons. The standard InChI is InChI=1S/C15H30N4O5/c1-18-11(7-3-5-9-16)13(20)23-15(22)24-14(21)12(19-2)8-4-6-10-17/h11-12,18-19H,3-10,16-17H2,1-2H3/t11-,12-/m0/s1. The van der Waals surface area contributed by atoms with E-state index in [1.165, 1.54) is 0 Å². The van der Waals surface area contributed by atoms with Gasteiger partial charge in [-0.25, -0.2) is 14.4 Å². The van der Waals surface area contributed by atoms with Crippen molar-refractivity contribution in [3.8, 4) is 0 Å². The Hall–Kier alpha value is -1.55. The summed E-state index contributed by atoms with van der Waals surface area (Å²) >= 11 is 0. The highest BCUT2D eigenvalue weighted by Crippen LogP contribution is 2.05. The van der Waals surface area contributed by atoms with Crippen LogP contribution in [0.4, 0.5) is 4.79 Å². The van der Waals surface area contributed by atoms with Crippen molar-refractivity contribution in [1.82, 2.24) is 10.6 Å². The van der Waals surface area contributed by atoms with Gasteiger partial charge in [-0.2, -0.15) is 0 Å². The molecule has 0 bridgehead atoms. The summed E-state index contributed by atoms with van der Waals surface area (Å²) < 4.78 is 9.13. The smallest absolute Gasteiger partial charge is 0.359 e. The van der Waals surface area contributed by atoms with E-state index in [9.17, 15) is 14.4 Å². The summed E-state index contributed by atoms with van der Waals surface area (Å²) in [5.74, 6) is -1.56. The molecule has 0 fully saturated rings. The SMILES string of the molecule is CN[C@@H](CCCCN)C(=O)OC(=O)OC(=O)[C@H](CCCCN)NC. The lowest BCUT2D eigenvalue weighted by Gasteiger charge is -2.15. The number of rotatable bonds is 12. The maximum atomic E-state index is 11.9. The van der Waals surface area contributed by atoms with Crippen LogP contribution in [0.2, 0.25) is 0 Å². The minimum Gasteiger partial charge on any atom is -0.359 e. The number of nitrogens with one attached hydrogen (secondary N) is 2. The van der Waals surface area contributed by atoms with Gasteiger partial charge in [0.25, 0.3) is 0 Å². The van der Waals surface area contributed by atoms with Crippen LogP contribution >= 0.6 is 0 Å². The molecule has 0 saturated heterocycles. The second kappa shape index (κ2) is 13.8. The van der Waals surface area contributed by atoms with Crippen LogP contribution in [0.3, 0.4) is 0 Å². The summed E-state index contributed by atoms with van der Waals surface area (Å²) in [5, 5.41) is 5.51. The Kier molecular flexibility index (Phi) is 13.0. The molecule has 0 aromatic carbocycles. The van der Waals surface area contributed by atoms with Gasteiger partial charge in [0.2, 0.25) is 0 Å². The van der Waals surface area contributed by atoms with Crippen LogP contribution in [0.15, 0.2) is 0 Å². The highest BCUT2D eigenvalue weighted by molar-refractivity contribution is 5.91. The van der Waals surface area contributed by atoms with E-state index in [-0.39, 0.29) is 0 Å². The minimum atomic E-state index is -1.32. The summed E-state index contributed by atoms with van der Waals surface area (Å²) in [6.07, 6.45) is 2.60. The van der Waals surface area contributed by atoms with Crippen LogP contribution in [-0.2, 0) is 19.1 Å². The molecular weight excluding hydrogens is 316 g/mol. The number of hydrogen-bond donors (Lipinski definition) is 4. The fraction of sp³-hybridized carbons (Fsp3) is 0.800. The van der Waals surface area contributed by atoms with E-state index in [2.05, 4.69) is 20.1 Å². The van der Waals surface area contributed by atoms with Crippen LogP contribution in [-0.4, -0.2) is 57.4 Å². The van der Waals surface area contributed by atoms with Gasteiger partial charge in [-0.3, -0.25) is 0 Å². The zero-order valence-corrected chi connectivity index (χ0v) is 14.5. The molecule has 9 heteroatoms. The molecule has 2 atom stereocenters. The summed E-state index contributed by atoms with van der Waals surface area (Å²) in [5.41, 5.74) is 10.8. The Morgan fingerprint density at radius 2 is 1.17 bits per heavy atom. The Balaban J connectivity index is 4.32. The predicted molar refractivity (Wildman–Crippen MR) is 89.1 cm³/mol. The second-order valence-corrected chi connectivity index (χ2v) is 5.34. The zero-order chi connectivity index (χ0) is 18.4. The monoisotopic (exact) mass is 346 g/mol. The molecule has 0 rings (SSSR count). The third-order valence-corrected chi connectivity index (χ3v) is 3.53. The molecule has 9 nitrogen and oxygen atoms in total. The van der Waals surface area contributed by atoms with E-state index >= 15 is 0 Å². The van der Waals surface area contributed by atoms with Gasteiger partial charge in [0, 0.05) is 0 Å². The van der Waals surface area contributed by atoms with Crippen molar-refractivity contribution in [1.29, 1.82) is 0 Å². The van der Waals surface area contributed by atoms with Gasteiger partial charge in [-0.15, -0.1) is 0 Å². The molecule has 0 heterocycles. The van der Waals surface area contributed by atoms with Gasteiger partial charge < -0.3 is 31.6 Å². The minimum absolute atomic E-state index is 0.478. The molecule has 0 aliphatic carbocycles. The van der Waals surface area contributed by atoms with E-state index in [1.807, 2.05) is 0 Å². The van der Waals surface area contributed by atoms with Crippen LogP contribution in [0.1, 0.15) is 38.5 Å². The number of nitrogens with two attached hydrogens (primary N) is 2. The van der Waals surface area contributed by atoms with Crippen molar-refractivity contribution in [3.63, 3.8) is 0 Å². The topological polar surface area (TPSA) is 146 Å². The quantitative estimate of drug-likeness (QED) is 0.211. The first-order valence-corrected chi connectivity index (χ1v) is 8.22. The van der Waals surface area contributed by atoms with Crippen molar-refractivity contribution >= 4 is 18.1 Å². The Morgan fingerprint density at radius 3 is 1.46 bits per heavy atom. The Labute approximate surface area is 142 Å². The highest BCUT2D eigenvalue weighted by Gasteiger charge is 2.26. The normalized spacial score (nSPS) is 13.2. The highest BCUT2D eigenvalue weighted by atomic mass is 16.8. The lowest BCUT2D eigenvalue weighted by atomic mass is 10.1. The fourth-order valence-electron chi connectivity index (χ4n) is 2.07. The molecule has 0 aromatic rings. The van der Waals surface area contributed by atoms with Crippen LogP contribution in [0.25, 0.3) is 0 Å². The van der Waals surface area contributed by atoms with E-state index in [0.717, 1.165) is 12.8 Å². The van der Waals surface area contributed by atoms with Crippen LogP contribution < -0.4 is 22.1 Å². The molecular formula is C15H30N4O5. The Morgan fingerprint density at radius 1 is 0.792 bits per heavy atom. The number of esters is 2. The molecule has 0 saturated carbocycles. The van der Waals surface area contributed by atoms with Crippen LogP contribution in [0, 0.1) is 0 Å². The predicted octanol–water partition coefficient (Wildman–Crippen LogP) is -0.373. The maximum absolute atomic E-state index is 11.9. The number of carbonyl (C=O) groups is 3. The van der Waals surface area contributed by atoms with E-state index in [1.54, 1.807) is 14.1 Å². The van der Waals surface area contributed by atoms with E-state index in [4.69, 9.17) is 11.5 Å². The van der Waals surface area contributed by atoms with Gasteiger partial charge >= 0.3 is 18.1 Å². The van der Waals surface area contributed by atoms with Crippen LogP contribution in [0.5, 0.6) is 0 Å². The average Bonchev–Trinajstić information content (AvgIpc) is 2.55. The number of hydrogen-bond acceptors (Lipinski definition) is 9. The van der Waals surface area contributed by atoms with Gasteiger partial charge in [-0.05, 0) is 52.9 Å². The lowest BCUT2D eigenvalue weighted by Crippen LogP contribution is -2.40.